The minimum atomic E-state index is 0.222. The van der Waals surface area contributed by atoms with E-state index in [4.69, 9.17) is 20.2 Å². The number of nitrogens with two attached hydrogens (primary N) is 1. The normalized spacial score (nSPS) is 13.8. The summed E-state index contributed by atoms with van der Waals surface area (Å²) in [6.07, 6.45) is 4.16. The fourth-order valence-electron chi connectivity index (χ4n) is 3.63. The Morgan fingerprint density at radius 2 is 1.81 bits per heavy atom. The molecule has 2 aromatic carbocycles. The average Bonchev–Trinajstić information content (AvgIpc) is 3.07. The van der Waals surface area contributed by atoms with E-state index >= 15 is 0 Å². The smallest absolute Gasteiger partial charge is 0.220 e. The van der Waals surface area contributed by atoms with Gasteiger partial charge in [0.15, 0.2) is 5.75 Å². The van der Waals surface area contributed by atoms with Crippen LogP contribution in [-0.2, 0) is 24.8 Å². The van der Waals surface area contributed by atoms with E-state index in [2.05, 4.69) is 38.1 Å². The lowest BCUT2D eigenvalue weighted by Gasteiger charge is -2.25. The van der Waals surface area contributed by atoms with Crippen LogP contribution in [0.15, 0.2) is 54.9 Å². The van der Waals surface area contributed by atoms with Gasteiger partial charge in [-0.15, -0.1) is 0 Å². The maximum atomic E-state index is 5.74. The number of imidazole rings is 1. The Morgan fingerprint density at radius 3 is 2.52 bits per heavy atom. The van der Waals surface area contributed by atoms with Crippen molar-refractivity contribution in [3.63, 3.8) is 0 Å². The number of fused-ring (bicyclic) bond motifs is 1. The lowest BCUT2D eigenvalue weighted by atomic mass is 9.98. The summed E-state index contributed by atoms with van der Waals surface area (Å²) < 4.78 is 13.1. The summed E-state index contributed by atoms with van der Waals surface area (Å²) in [4.78, 5) is 12.6. The molecule has 0 atom stereocenters. The summed E-state index contributed by atoms with van der Waals surface area (Å²) in [5.74, 6) is 2.97. The van der Waals surface area contributed by atoms with Gasteiger partial charge in [0, 0.05) is 19.5 Å². The van der Waals surface area contributed by atoms with Crippen molar-refractivity contribution in [1.82, 2.24) is 19.5 Å². The van der Waals surface area contributed by atoms with E-state index < -0.39 is 0 Å². The van der Waals surface area contributed by atoms with Gasteiger partial charge in [-0.05, 0) is 41.8 Å². The number of hydrogen-bond donors (Lipinski definition) is 2. The highest BCUT2D eigenvalue weighted by Crippen LogP contribution is 2.24. The van der Waals surface area contributed by atoms with E-state index in [9.17, 15) is 0 Å². The van der Waals surface area contributed by atoms with Gasteiger partial charge in [-0.1, -0.05) is 18.2 Å². The second-order valence-electron chi connectivity index (χ2n) is 7.80. The van der Waals surface area contributed by atoms with E-state index in [0.29, 0.717) is 24.0 Å². The molecule has 1 saturated heterocycles. The van der Waals surface area contributed by atoms with Crippen molar-refractivity contribution in [2.24, 2.45) is 13.0 Å². The Hall–Kier alpha value is -3.65. The van der Waals surface area contributed by atoms with Crippen molar-refractivity contribution in [2.45, 2.75) is 13.0 Å². The summed E-state index contributed by atoms with van der Waals surface area (Å²) in [5.41, 5.74) is 10.1. The molecule has 0 bridgehead atoms. The highest BCUT2D eigenvalue weighted by atomic mass is 16.5. The zero-order valence-electron chi connectivity index (χ0n) is 17.3. The minimum Gasteiger partial charge on any atom is -0.454 e. The Bertz CT molecular complexity index is 1180. The Balaban J connectivity index is 1.23. The van der Waals surface area contributed by atoms with Gasteiger partial charge in [0.1, 0.15) is 5.75 Å². The molecule has 0 unspecified atom stereocenters. The predicted molar refractivity (Wildman–Crippen MR) is 119 cm³/mol. The molecule has 3 N–H and O–H groups in total. The maximum absolute atomic E-state index is 5.74. The van der Waals surface area contributed by atoms with Gasteiger partial charge >= 0.3 is 0 Å². The van der Waals surface area contributed by atoms with Crippen molar-refractivity contribution >= 4 is 22.9 Å². The zero-order valence-corrected chi connectivity index (χ0v) is 17.3. The summed E-state index contributed by atoms with van der Waals surface area (Å²) in [6, 6.07) is 14.4. The molecule has 0 saturated carbocycles. The van der Waals surface area contributed by atoms with Gasteiger partial charge in [-0.25, -0.2) is 15.0 Å². The number of rotatable bonds is 7. The van der Waals surface area contributed by atoms with Crippen LogP contribution in [0.5, 0.6) is 11.5 Å². The first-order valence-corrected chi connectivity index (χ1v) is 10.3. The molecule has 8 nitrogen and oxygen atoms in total. The summed E-state index contributed by atoms with van der Waals surface area (Å²) in [5, 5.41) is 3.43. The van der Waals surface area contributed by atoms with Crippen molar-refractivity contribution in [2.75, 3.05) is 24.3 Å². The molecule has 3 heterocycles. The number of nitrogens with one attached hydrogen (secondary N) is 1. The van der Waals surface area contributed by atoms with Crippen molar-refractivity contribution < 1.29 is 9.47 Å². The van der Waals surface area contributed by atoms with E-state index in [1.807, 2.05) is 31.3 Å². The number of aromatic nitrogens is 4. The number of nitrogens with zero attached hydrogens (tertiary/aromatic N) is 4. The number of anilines is 2. The molecule has 1 fully saturated rings. The molecule has 158 valence electrons. The Morgan fingerprint density at radius 1 is 1.06 bits per heavy atom. The fourth-order valence-corrected chi connectivity index (χ4v) is 3.63. The van der Waals surface area contributed by atoms with Gasteiger partial charge < -0.3 is 25.1 Å². The number of nitrogen functional groups attached to an aromatic ring is 1. The molecule has 4 aromatic rings. The van der Waals surface area contributed by atoms with Crippen LogP contribution in [0.4, 0.5) is 11.9 Å². The molecular weight excluding hydrogens is 392 g/mol. The standard InChI is InChI=1S/C23H24N6O2/c1-29-21-9-16(8-17-13-30-14-17)4-7-20(21)28-23(29)27-10-15-2-5-18(6-3-15)31-19-11-25-22(24)26-12-19/h2-7,9,11-12,17H,8,10,13-14H2,1H3,(H,27,28)(H2,24,25,26). The highest BCUT2D eigenvalue weighted by molar-refractivity contribution is 5.79. The van der Waals surface area contributed by atoms with Crippen molar-refractivity contribution in [3.05, 3.63) is 66.0 Å². The number of aryl methyl sites for hydroxylation is 1. The molecule has 1 aliphatic heterocycles. The third-order valence-corrected chi connectivity index (χ3v) is 5.43. The van der Waals surface area contributed by atoms with Gasteiger partial charge in [-0.3, -0.25) is 0 Å². The molecule has 0 radical (unpaired) electrons. The summed E-state index contributed by atoms with van der Waals surface area (Å²) in [7, 11) is 2.04. The number of ether oxygens (including phenoxy) is 2. The fraction of sp³-hybridized carbons (Fsp3) is 0.261. The number of hydrogen-bond acceptors (Lipinski definition) is 7. The molecule has 2 aromatic heterocycles. The number of benzene rings is 2. The van der Waals surface area contributed by atoms with Crippen LogP contribution < -0.4 is 15.8 Å². The van der Waals surface area contributed by atoms with E-state index in [1.54, 1.807) is 12.4 Å². The average molecular weight is 416 g/mol. The monoisotopic (exact) mass is 416 g/mol. The largest absolute Gasteiger partial charge is 0.454 e. The topological polar surface area (TPSA) is 100 Å². The van der Waals surface area contributed by atoms with Gasteiger partial charge in [0.05, 0.1) is 36.6 Å². The van der Waals surface area contributed by atoms with Crippen LogP contribution in [0.25, 0.3) is 11.0 Å². The first kappa shape index (κ1) is 19.3. The molecule has 8 heteroatoms. The van der Waals surface area contributed by atoms with Crippen LogP contribution in [-0.4, -0.2) is 32.7 Å². The van der Waals surface area contributed by atoms with E-state index in [0.717, 1.165) is 42.2 Å². The molecule has 0 aliphatic carbocycles. The second-order valence-corrected chi connectivity index (χ2v) is 7.80. The maximum Gasteiger partial charge on any atom is 0.220 e. The van der Waals surface area contributed by atoms with Crippen LogP contribution in [0.1, 0.15) is 11.1 Å². The van der Waals surface area contributed by atoms with Crippen LogP contribution in [0.3, 0.4) is 0 Å². The summed E-state index contributed by atoms with van der Waals surface area (Å²) in [6.45, 7) is 2.40. The van der Waals surface area contributed by atoms with E-state index in [-0.39, 0.29) is 5.95 Å². The van der Waals surface area contributed by atoms with Gasteiger partial charge in [0.25, 0.3) is 0 Å². The van der Waals surface area contributed by atoms with Crippen LogP contribution in [0, 0.1) is 5.92 Å². The lowest BCUT2D eigenvalue weighted by molar-refractivity contribution is -0.0312. The zero-order chi connectivity index (χ0) is 21.2. The predicted octanol–water partition coefficient (Wildman–Crippen LogP) is 3.54. The lowest BCUT2D eigenvalue weighted by Crippen LogP contribution is -2.29. The van der Waals surface area contributed by atoms with Crippen LogP contribution >= 0.6 is 0 Å². The Kier molecular flexibility index (Phi) is 5.13. The highest BCUT2D eigenvalue weighted by Gasteiger charge is 2.19. The third-order valence-electron chi connectivity index (χ3n) is 5.43. The molecule has 5 rings (SSSR count). The van der Waals surface area contributed by atoms with Gasteiger partial charge in [0.2, 0.25) is 11.9 Å². The first-order valence-electron chi connectivity index (χ1n) is 10.3. The molecule has 31 heavy (non-hydrogen) atoms. The SMILES string of the molecule is Cn1c(NCc2ccc(Oc3cnc(N)nc3)cc2)nc2ccc(CC3COC3)cc21. The van der Waals surface area contributed by atoms with Crippen molar-refractivity contribution in [3.8, 4) is 11.5 Å². The summed E-state index contributed by atoms with van der Waals surface area (Å²) >= 11 is 0. The van der Waals surface area contributed by atoms with Gasteiger partial charge in [-0.2, -0.15) is 0 Å². The molecule has 0 spiro atoms. The van der Waals surface area contributed by atoms with E-state index in [1.165, 1.54) is 5.56 Å². The Labute approximate surface area is 180 Å². The quantitative estimate of drug-likeness (QED) is 0.475. The minimum absolute atomic E-state index is 0.222. The first-order chi connectivity index (χ1) is 15.1. The molecule has 0 amide bonds. The third kappa shape index (κ3) is 4.29. The molecule has 1 aliphatic rings. The van der Waals surface area contributed by atoms with Crippen molar-refractivity contribution in [1.29, 1.82) is 0 Å². The second kappa shape index (κ2) is 8.23. The molecular formula is C23H24N6O2. The van der Waals surface area contributed by atoms with Crippen LogP contribution in [0.2, 0.25) is 0 Å².